The Balaban J connectivity index is 1.56. The van der Waals surface area contributed by atoms with Gasteiger partial charge in [0.05, 0.1) is 29.9 Å². The van der Waals surface area contributed by atoms with E-state index in [0.29, 0.717) is 16.3 Å². The maximum atomic E-state index is 12.2. The third-order valence-electron chi connectivity index (χ3n) is 4.45. The highest BCUT2D eigenvalue weighted by Crippen LogP contribution is 2.24. The number of hydrogen-bond acceptors (Lipinski definition) is 5. The van der Waals surface area contributed by atoms with Crippen LogP contribution in [0.5, 0.6) is 0 Å². The topological polar surface area (TPSA) is 70.7 Å². The van der Waals surface area contributed by atoms with Crippen molar-refractivity contribution in [3.05, 3.63) is 53.1 Å². The smallest absolute Gasteiger partial charge is 0.337 e. The molecular weight excluding hydrogens is 366 g/mol. The summed E-state index contributed by atoms with van der Waals surface area (Å²) in [6, 6.07) is 12.6. The van der Waals surface area contributed by atoms with E-state index in [1.165, 1.54) is 31.7 Å². The maximum Gasteiger partial charge on any atom is 0.337 e. The fourth-order valence-electron chi connectivity index (χ4n) is 3.01. The molecule has 0 aliphatic carbocycles. The number of benzene rings is 2. The lowest BCUT2D eigenvalue weighted by molar-refractivity contribution is -0.114. The highest BCUT2D eigenvalue weighted by atomic mass is 35.5. The molecule has 0 aromatic heterocycles. The Hall–Kier alpha value is -2.73. The molecule has 1 fully saturated rings. The zero-order chi connectivity index (χ0) is 19.2. The van der Waals surface area contributed by atoms with Gasteiger partial charge in [-0.1, -0.05) is 11.6 Å². The first-order valence-electron chi connectivity index (χ1n) is 8.83. The lowest BCUT2D eigenvalue weighted by Crippen LogP contribution is -2.22. The van der Waals surface area contributed by atoms with E-state index in [2.05, 4.69) is 32.4 Å². The molecule has 0 spiro atoms. The number of rotatable bonds is 6. The molecule has 1 heterocycles. The van der Waals surface area contributed by atoms with Crippen LogP contribution in [0, 0.1) is 0 Å². The van der Waals surface area contributed by atoms with Gasteiger partial charge in [0, 0.05) is 24.5 Å². The predicted molar refractivity (Wildman–Crippen MR) is 108 cm³/mol. The molecule has 2 aromatic carbocycles. The molecular formula is C20H22ClN3O3. The number of esters is 1. The number of ether oxygens (including phenoxy) is 1. The molecule has 1 saturated heterocycles. The summed E-state index contributed by atoms with van der Waals surface area (Å²) >= 11 is 6.09. The van der Waals surface area contributed by atoms with E-state index in [4.69, 9.17) is 11.6 Å². The van der Waals surface area contributed by atoms with Gasteiger partial charge >= 0.3 is 5.97 Å². The molecule has 0 bridgehead atoms. The summed E-state index contributed by atoms with van der Waals surface area (Å²) < 4.78 is 4.68. The number of nitrogens with zero attached hydrogens (tertiary/aromatic N) is 1. The molecule has 0 atom stereocenters. The van der Waals surface area contributed by atoms with Crippen molar-refractivity contribution >= 4 is 40.5 Å². The second kappa shape index (κ2) is 8.77. The summed E-state index contributed by atoms with van der Waals surface area (Å²) in [4.78, 5) is 26.2. The van der Waals surface area contributed by atoms with Crippen molar-refractivity contribution in [1.29, 1.82) is 0 Å². The van der Waals surface area contributed by atoms with Crippen molar-refractivity contribution in [3.63, 3.8) is 0 Å². The van der Waals surface area contributed by atoms with Crippen LogP contribution < -0.4 is 15.5 Å². The maximum absolute atomic E-state index is 12.2. The van der Waals surface area contributed by atoms with Crippen LogP contribution in [0.15, 0.2) is 42.5 Å². The van der Waals surface area contributed by atoms with E-state index in [1.807, 2.05) is 12.1 Å². The summed E-state index contributed by atoms with van der Waals surface area (Å²) in [6.07, 6.45) is 2.47. The van der Waals surface area contributed by atoms with Gasteiger partial charge in [0.25, 0.3) is 0 Å². The Morgan fingerprint density at radius 2 is 1.81 bits per heavy atom. The van der Waals surface area contributed by atoms with Gasteiger partial charge in [0.15, 0.2) is 0 Å². The lowest BCUT2D eigenvalue weighted by Gasteiger charge is -2.18. The third-order valence-corrected chi connectivity index (χ3v) is 4.78. The minimum atomic E-state index is -0.488. The number of nitrogens with one attached hydrogen (secondary N) is 2. The molecule has 3 rings (SSSR count). The average molecular weight is 388 g/mol. The summed E-state index contributed by atoms with van der Waals surface area (Å²) in [5.74, 6) is -0.749. The predicted octanol–water partition coefficient (Wildman–Crippen LogP) is 3.78. The Kier molecular flexibility index (Phi) is 6.19. The van der Waals surface area contributed by atoms with Gasteiger partial charge in [-0.25, -0.2) is 4.79 Å². The molecule has 27 heavy (non-hydrogen) atoms. The van der Waals surface area contributed by atoms with Gasteiger partial charge in [0.1, 0.15) is 0 Å². The SMILES string of the molecule is COC(=O)c1ccc(Cl)c(NC(=O)CNc2ccc(N3CCCC3)cc2)c1. The zero-order valence-corrected chi connectivity index (χ0v) is 15.9. The molecule has 7 heteroatoms. The summed E-state index contributed by atoms with van der Waals surface area (Å²) in [7, 11) is 1.30. The first kappa shape index (κ1) is 19.0. The highest BCUT2D eigenvalue weighted by Gasteiger charge is 2.13. The Morgan fingerprint density at radius 1 is 1.11 bits per heavy atom. The summed E-state index contributed by atoms with van der Waals surface area (Å²) in [6.45, 7) is 2.28. The summed E-state index contributed by atoms with van der Waals surface area (Å²) in [5, 5.41) is 6.14. The van der Waals surface area contributed by atoms with Gasteiger partial charge in [0.2, 0.25) is 5.91 Å². The number of halogens is 1. The Morgan fingerprint density at radius 3 is 2.48 bits per heavy atom. The van der Waals surface area contributed by atoms with Crippen molar-refractivity contribution in [2.45, 2.75) is 12.8 Å². The van der Waals surface area contributed by atoms with Crippen LogP contribution in [0.4, 0.5) is 17.1 Å². The number of hydrogen-bond donors (Lipinski definition) is 2. The number of carbonyl (C=O) groups is 2. The van der Waals surface area contributed by atoms with E-state index in [-0.39, 0.29) is 12.5 Å². The standard InChI is InChI=1S/C20H22ClN3O3/c1-27-20(26)14-4-9-17(21)18(12-14)23-19(25)13-22-15-5-7-16(8-6-15)24-10-2-3-11-24/h4-9,12,22H,2-3,10-11,13H2,1H3,(H,23,25). The molecule has 0 saturated carbocycles. The zero-order valence-electron chi connectivity index (χ0n) is 15.1. The third kappa shape index (κ3) is 4.92. The van der Waals surface area contributed by atoms with Gasteiger partial charge in [-0.2, -0.15) is 0 Å². The number of anilines is 3. The molecule has 0 radical (unpaired) electrons. The minimum absolute atomic E-state index is 0.0852. The first-order valence-corrected chi connectivity index (χ1v) is 9.21. The molecule has 1 amide bonds. The van der Waals surface area contributed by atoms with E-state index in [9.17, 15) is 9.59 Å². The van der Waals surface area contributed by atoms with Crippen LogP contribution in [0.25, 0.3) is 0 Å². The molecule has 6 nitrogen and oxygen atoms in total. The van der Waals surface area contributed by atoms with Gasteiger partial charge in [-0.05, 0) is 55.3 Å². The second-order valence-electron chi connectivity index (χ2n) is 6.33. The molecule has 0 unspecified atom stereocenters. The average Bonchev–Trinajstić information content (AvgIpc) is 3.22. The normalized spacial score (nSPS) is 13.3. The fraction of sp³-hybridized carbons (Fsp3) is 0.300. The Bertz CT molecular complexity index is 818. The van der Waals surface area contributed by atoms with Crippen LogP contribution in [-0.2, 0) is 9.53 Å². The van der Waals surface area contributed by atoms with Crippen molar-refractivity contribution in [2.24, 2.45) is 0 Å². The molecule has 2 aromatic rings. The minimum Gasteiger partial charge on any atom is -0.465 e. The molecule has 1 aliphatic heterocycles. The van der Waals surface area contributed by atoms with E-state index in [1.54, 1.807) is 12.1 Å². The van der Waals surface area contributed by atoms with Gasteiger partial charge in [-0.3, -0.25) is 4.79 Å². The molecule has 1 aliphatic rings. The fourth-order valence-corrected chi connectivity index (χ4v) is 3.17. The van der Waals surface area contributed by atoms with E-state index >= 15 is 0 Å². The number of methoxy groups -OCH3 is 1. The van der Waals surface area contributed by atoms with Crippen LogP contribution >= 0.6 is 11.6 Å². The summed E-state index contributed by atoms with van der Waals surface area (Å²) in [5.41, 5.74) is 2.76. The molecule has 142 valence electrons. The lowest BCUT2D eigenvalue weighted by atomic mass is 10.2. The van der Waals surface area contributed by atoms with Crippen molar-refractivity contribution in [2.75, 3.05) is 42.3 Å². The van der Waals surface area contributed by atoms with E-state index < -0.39 is 5.97 Å². The quantitative estimate of drug-likeness (QED) is 0.738. The van der Waals surface area contributed by atoms with Crippen LogP contribution in [0.1, 0.15) is 23.2 Å². The van der Waals surface area contributed by atoms with Crippen LogP contribution in [-0.4, -0.2) is 38.6 Å². The number of carbonyl (C=O) groups excluding carboxylic acids is 2. The molecule has 2 N–H and O–H groups in total. The van der Waals surface area contributed by atoms with Gasteiger partial charge < -0.3 is 20.3 Å². The van der Waals surface area contributed by atoms with Gasteiger partial charge in [-0.15, -0.1) is 0 Å². The number of amides is 1. The highest BCUT2D eigenvalue weighted by molar-refractivity contribution is 6.33. The van der Waals surface area contributed by atoms with Crippen LogP contribution in [0.3, 0.4) is 0 Å². The van der Waals surface area contributed by atoms with Crippen LogP contribution in [0.2, 0.25) is 5.02 Å². The Labute approximate surface area is 163 Å². The largest absolute Gasteiger partial charge is 0.465 e. The van der Waals surface area contributed by atoms with Crippen molar-refractivity contribution in [3.8, 4) is 0 Å². The van der Waals surface area contributed by atoms with E-state index in [0.717, 1.165) is 18.8 Å². The first-order chi connectivity index (χ1) is 13.1. The monoisotopic (exact) mass is 387 g/mol. The second-order valence-corrected chi connectivity index (χ2v) is 6.74. The van der Waals surface area contributed by atoms with Crippen molar-refractivity contribution < 1.29 is 14.3 Å². The van der Waals surface area contributed by atoms with Crippen molar-refractivity contribution in [1.82, 2.24) is 0 Å².